The van der Waals surface area contributed by atoms with Crippen molar-refractivity contribution < 1.29 is 9.47 Å². The minimum Gasteiger partial charge on any atom is -0.379 e. The van der Waals surface area contributed by atoms with Crippen LogP contribution in [0.2, 0.25) is 0 Å². The average Bonchev–Trinajstić information content (AvgIpc) is 2.90. The molecule has 1 aromatic heterocycles. The Hall–Kier alpha value is -1.64. The van der Waals surface area contributed by atoms with E-state index in [9.17, 15) is 0 Å². The lowest BCUT2D eigenvalue weighted by molar-refractivity contribution is 0.0395. The van der Waals surface area contributed by atoms with Gasteiger partial charge in [-0.15, -0.1) is 0 Å². The fourth-order valence-electron chi connectivity index (χ4n) is 1.80. The first-order valence-corrected chi connectivity index (χ1v) is 6.10. The van der Waals surface area contributed by atoms with E-state index in [0.29, 0.717) is 18.9 Å². The third-order valence-corrected chi connectivity index (χ3v) is 2.76. The Balaban J connectivity index is 1.75. The van der Waals surface area contributed by atoms with Crippen molar-refractivity contribution in [3.8, 4) is 6.07 Å². The summed E-state index contributed by atoms with van der Waals surface area (Å²) in [5.74, 6) is 0. The van der Waals surface area contributed by atoms with Gasteiger partial charge in [0.15, 0.2) is 0 Å². The van der Waals surface area contributed by atoms with Crippen molar-refractivity contribution in [2.24, 2.45) is 0 Å². The zero-order valence-corrected chi connectivity index (χ0v) is 10.4. The maximum Gasteiger partial charge on any atom is 0.140 e. The summed E-state index contributed by atoms with van der Waals surface area (Å²) in [5, 5.41) is 11.9. The van der Waals surface area contributed by atoms with Gasteiger partial charge in [0.25, 0.3) is 0 Å². The molecule has 2 unspecified atom stereocenters. The molecule has 0 aliphatic carbocycles. The smallest absolute Gasteiger partial charge is 0.140 e. The normalized spacial score (nSPS) is 20.3. The number of nitrogens with one attached hydrogen (secondary N) is 1. The molecule has 1 aromatic rings. The number of nitrogens with zero attached hydrogens (tertiary/aromatic N) is 2. The molecule has 0 radical (unpaired) electrons. The van der Waals surface area contributed by atoms with Crippen molar-refractivity contribution >= 4 is 5.69 Å². The van der Waals surface area contributed by atoms with Crippen LogP contribution >= 0.6 is 0 Å². The van der Waals surface area contributed by atoms with Crippen LogP contribution in [0.1, 0.15) is 19.0 Å². The Kier molecular flexibility index (Phi) is 4.51. The number of ether oxygens (including phenoxy) is 2. The molecule has 1 saturated heterocycles. The minimum absolute atomic E-state index is 0.195. The Morgan fingerprint density at radius 3 is 3.17 bits per heavy atom. The number of hydrogen-bond acceptors (Lipinski definition) is 5. The molecule has 1 aliphatic rings. The molecule has 0 bridgehead atoms. The Labute approximate surface area is 107 Å². The quantitative estimate of drug-likeness (QED) is 0.855. The van der Waals surface area contributed by atoms with Gasteiger partial charge in [0.05, 0.1) is 31.2 Å². The van der Waals surface area contributed by atoms with E-state index in [1.807, 2.05) is 19.1 Å². The first-order valence-electron chi connectivity index (χ1n) is 6.10. The SMILES string of the molecule is CC(COC1CCOC1)Nc1ccc(C#N)nc1. The lowest BCUT2D eigenvalue weighted by Gasteiger charge is -2.17. The van der Waals surface area contributed by atoms with Crippen molar-refractivity contribution in [1.29, 1.82) is 5.26 Å². The number of aromatic nitrogens is 1. The van der Waals surface area contributed by atoms with E-state index >= 15 is 0 Å². The molecule has 2 rings (SSSR count). The second kappa shape index (κ2) is 6.34. The van der Waals surface area contributed by atoms with Gasteiger partial charge in [0, 0.05) is 12.6 Å². The molecule has 18 heavy (non-hydrogen) atoms. The summed E-state index contributed by atoms with van der Waals surface area (Å²) in [6.07, 6.45) is 2.87. The van der Waals surface area contributed by atoms with E-state index in [2.05, 4.69) is 10.3 Å². The van der Waals surface area contributed by atoms with Crippen molar-refractivity contribution in [3.63, 3.8) is 0 Å². The monoisotopic (exact) mass is 247 g/mol. The summed E-state index contributed by atoms with van der Waals surface area (Å²) >= 11 is 0. The van der Waals surface area contributed by atoms with Gasteiger partial charge >= 0.3 is 0 Å². The van der Waals surface area contributed by atoms with Crippen LogP contribution in [-0.4, -0.2) is 37.0 Å². The maximum absolute atomic E-state index is 8.65. The molecule has 5 heteroatoms. The van der Waals surface area contributed by atoms with Gasteiger partial charge in [-0.25, -0.2) is 4.98 Å². The van der Waals surface area contributed by atoms with Crippen LogP contribution in [0.15, 0.2) is 18.3 Å². The number of anilines is 1. The van der Waals surface area contributed by atoms with Crippen molar-refractivity contribution in [1.82, 2.24) is 4.98 Å². The van der Waals surface area contributed by atoms with E-state index in [-0.39, 0.29) is 12.1 Å². The second-order valence-corrected chi connectivity index (χ2v) is 4.41. The number of nitriles is 1. The Morgan fingerprint density at radius 2 is 2.56 bits per heavy atom. The molecule has 5 nitrogen and oxygen atoms in total. The summed E-state index contributed by atoms with van der Waals surface area (Å²) in [7, 11) is 0. The van der Waals surface area contributed by atoms with Gasteiger partial charge in [-0.3, -0.25) is 0 Å². The molecule has 1 fully saturated rings. The molecule has 2 heterocycles. The molecule has 0 saturated carbocycles. The molecule has 1 aliphatic heterocycles. The fourth-order valence-corrected chi connectivity index (χ4v) is 1.80. The topological polar surface area (TPSA) is 67.2 Å². The summed E-state index contributed by atoms with van der Waals surface area (Å²) in [5.41, 5.74) is 1.32. The van der Waals surface area contributed by atoms with Crippen molar-refractivity contribution in [3.05, 3.63) is 24.0 Å². The van der Waals surface area contributed by atoms with Gasteiger partial charge in [-0.1, -0.05) is 0 Å². The first-order chi connectivity index (χ1) is 8.78. The highest BCUT2D eigenvalue weighted by Crippen LogP contribution is 2.11. The lowest BCUT2D eigenvalue weighted by atomic mass is 10.3. The summed E-state index contributed by atoms with van der Waals surface area (Å²) in [6.45, 7) is 4.18. The van der Waals surface area contributed by atoms with Crippen LogP contribution in [0.25, 0.3) is 0 Å². The van der Waals surface area contributed by atoms with E-state index in [1.54, 1.807) is 12.3 Å². The van der Waals surface area contributed by atoms with Gasteiger partial charge < -0.3 is 14.8 Å². The third kappa shape index (κ3) is 3.69. The average molecular weight is 247 g/mol. The van der Waals surface area contributed by atoms with Crippen molar-refractivity contribution in [2.45, 2.75) is 25.5 Å². The van der Waals surface area contributed by atoms with E-state index < -0.39 is 0 Å². The lowest BCUT2D eigenvalue weighted by Crippen LogP contribution is -2.25. The van der Waals surface area contributed by atoms with E-state index in [0.717, 1.165) is 18.7 Å². The molecular weight excluding hydrogens is 230 g/mol. The predicted octanol–water partition coefficient (Wildman–Crippen LogP) is 1.56. The molecule has 2 atom stereocenters. The minimum atomic E-state index is 0.195. The largest absolute Gasteiger partial charge is 0.379 e. The van der Waals surface area contributed by atoms with Crippen LogP contribution in [-0.2, 0) is 9.47 Å². The van der Waals surface area contributed by atoms with Gasteiger partial charge in [-0.05, 0) is 25.5 Å². The highest BCUT2D eigenvalue weighted by molar-refractivity contribution is 5.43. The molecular formula is C13H17N3O2. The van der Waals surface area contributed by atoms with E-state index in [1.165, 1.54) is 0 Å². The van der Waals surface area contributed by atoms with Crippen LogP contribution in [0.4, 0.5) is 5.69 Å². The van der Waals surface area contributed by atoms with Gasteiger partial charge in [0.2, 0.25) is 0 Å². The summed E-state index contributed by atoms with van der Waals surface area (Å²) in [6, 6.07) is 5.73. The van der Waals surface area contributed by atoms with Crippen LogP contribution in [0, 0.1) is 11.3 Å². The van der Waals surface area contributed by atoms with Crippen LogP contribution in [0.5, 0.6) is 0 Å². The van der Waals surface area contributed by atoms with Crippen LogP contribution in [0.3, 0.4) is 0 Å². The summed E-state index contributed by atoms with van der Waals surface area (Å²) < 4.78 is 11.0. The van der Waals surface area contributed by atoms with Crippen LogP contribution < -0.4 is 5.32 Å². The molecule has 96 valence electrons. The molecule has 0 amide bonds. The first kappa shape index (κ1) is 12.8. The second-order valence-electron chi connectivity index (χ2n) is 4.41. The third-order valence-electron chi connectivity index (χ3n) is 2.76. The number of rotatable bonds is 5. The maximum atomic E-state index is 8.65. The van der Waals surface area contributed by atoms with Gasteiger partial charge in [0.1, 0.15) is 11.8 Å². The van der Waals surface area contributed by atoms with E-state index in [4.69, 9.17) is 14.7 Å². The molecule has 0 aromatic carbocycles. The fraction of sp³-hybridized carbons (Fsp3) is 0.538. The summed E-state index contributed by atoms with van der Waals surface area (Å²) in [4.78, 5) is 4.00. The molecule has 1 N–H and O–H groups in total. The number of pyridine rings is 1. The number of hydrogen-bond donors (Lipinski definition) is 1. The Bertz CT molecular complexity index is 407. The molecule has 0 spiro atoms. The van der Waals surface area contributed by atoms with Crippen molar-refractivity contribution in [2.75, 3.05) is 25.1 Å². The zero-order valence-electron chi connectivity index (χ0n) is 10.4. The zero-order chi connectivity index (χ0) is 12.8. The highest BCUT2D eigenvalue weighted by Gasteiger charge is 2.16. The predicted molar refractivity (Wildman–Crippen MR) is 67.2 cm³/mol. The van der Waals surface area contributed by atoms with Gasteiger partial charge in [-0.2, -0.15) is 5.26 Å². The standard InChI is InChI=1S/C13H17N3O2/c1-10(8-18-13-4-5-17-9-13)16-12-3-2-11(6-14)15-7-12/h2-3,7,10,13,16H,4-5,8-9H2,1H3. The highest BCUT2D eigenvalue weighted by atomic mass is 16.5. The Morgan fingerprint density at radius 1 is 1.67 bits per heavy atom.